The first-order chi connectivity index (χ1) is 13.1. The molecule has 1 aliphatic heterocycles. The largest absolute Gasteiger partial charge is 0.481 e. The topological polar surface area (TPSA) is 97.6 Å². The van der Waals surface area contributed by atoms with Crippen molar-refractivity contribution in [3.8, 4) is 5.88 Å². The summed E-state index contributed by atoms with van der Waals surface area (Å²) in [6.45, 7) is 2.43. The van der Waals surface area contributed by atoms with Crippen molar-refractivity contribution >= 4 is 11.8 Å². The van der Waals surface area contributed by atoms with Crippen molar-refractivity contribution in [2.75, 3.05) is 7.11 Å². The van der Waals surface area contributed by atoms with Crippen molar-refractivity contribution in [2.24, 2.45) is 0 Å². The highest BCUT2D eigenvalue weighted by Gasteiger charge is 2.35. The van der Waals surface area contributed by atoms with Gasteiger partial charge >= 0.3 is 0 Å². The van der Waals surface area contributed by atoms with Gasteiger partial charge in [0.2, 0.25) is 5.88 Å². The van der Waals surface area contributed by atoms with Crippen LogP contribution in [0, 0.1) is 6.92 Å². The van der Waals surface area contributed by atoms with Crippen LogP contribution in [-0.4, -0.2) is 40.0 Å². The van der Waals surface area contributed by atoms with Crippen LogP contribution in [0.2, 0.25) is 0 Å². The van der Waals surface area contributed by atoms with E-state index < -0.39 is 0 Å². The number of amides is 2. The molecule has 0 spiro atoms. The fourth-order valence-corrected chi connectivity index (χ4v) is 3.82. The van der Waals surface area contributed by atoms with E-state index in [1.165, 1.54) is 20.0 Å². The van der Waals surface area contributed by atoms with Gasteiger partial charge in [0.05, 0.1) is 24.9 Å². The molecule has 27 heavy (non-hydrogen) atoms. The van der Waals surface area contributed by atoms with Crippen LogP contribution in [0.15, 0.2) is 16.7 Å². The Bertz CT molecular complexity index is 886. The lowest BCUT2D eigenvalue weighted by molar-refractivity contribution is 0.0706. The number of methoxy groups -OCH3 is 1. The van der Waals surface area contributed by atoms with Crippen LogP contribution >= 0.6 is 0 Å². The number of hydrogen-bond donors (Lipinski definition) is 1. The molecule has 142 valence electrons. The Balaban J connectivity index is 1.52. The Morgan fingerprint density at radius 1 is 1.37 bits per heavy atom. The standard InChI is InChI=1S/C19H22N4O4/c1-11-7-15(22-27-11)17(24)20-9-12-8-14-16(21-18(12)26-2)10-23(19(14)25)13-5-3-4-6-13/h7-8,13H,3-6,9-10H2,1-2H3,(H,20,24). The highest BCUT2D eigenvalue weighted by Crippen LogP contribution is 2.33. The quantitative estimate of drug-likeness (QED) is 0.867. The molecular weight excluding hydrogens is 348 g/mol. The summed E-state index contributed by atoms with van der Waals surface area (Å²) in [5.74, 6) is 0.654. The average Bonchev–Trinajstić information content (AvgIpc) is 3.40. The number of rotatable bonds is 5. The minimum atomic E-state index is -0.353. The van der Waals surface area contributed by atoms with E-state index in [1.54, 1.807) is 19.1 Å². The molecule has 2 aliphatic rings. The minimum Gasteiger partial charge on any atom is -0.481 e. The normalized spacial score (nSPS) is 16.7. The number of ether oxygens (including phenoxy) is 1. The number of nitrogens with zero attached hydrogens (tertiary/aromatic N) is 3. The van der Waals surface area contributed by atoms with Gasteiger partial charge in [-0.2, -0.15) is 0 Å². The van der Waals surface area contributed by atoms with E-state index >= 15 is 0 Å². The molecule has 2 aromatic heterocycles. The van der Waals surface area contributed by atoms with Crippen molar-refractivity contribution in [3.05, 3.63) is 40.4 Å². The van der Waals surface area contributed by atoms with E-state index in [2.05, 4.69) is 15.5 Å². The number of fused-ring (bicyclic) bond motifs is 1. The van der Waals surface area contributed by atoms with Crippen molar-refractivity contribution in [3.63, 3.8) is 0 Å². The maximum Gasteiger partial charge on any atom is 0.273 e. The molecule has 1 fully saturated rings. The third-order valence-corrected chi connectivity index (χ3v) is 5.21. The Labute approximate surface area is 156 Å². The maximum atomic E-state index is 12.8. The van der Waals surface area contributed by atoms with Gasteiger partial charge in [0.25, 0.3) is 11.8 Å². The SMILES string of the molecule is COc1nc2c(cc1CNC(=O)c1cc(C)on1)C(=O)N(C1CCCC1)C2. The van der Waals surface area contributed by atoms with Crippen LogP contribution in [-0.2, 0) is 13.1 Å². The number of pyridine rings is 1. The molecule has 0 saturated heterocycles. The summed E-state index contributed by atoms with van der Waals surface area (Å²) in [6, 6.07) is 3.65. The predicted octanol–water partition coefficient (Wildman–Crippen LogP) is 2.22. The van der Waals surface area contributed by atoms with Crippen molar-refractivity contribution in [1.82, 2.24) is 20.4 Å². The Morgan fingerprint density at radius 3 is 2.81 bits per heavy atom. The molecule has 8 heteroatoms. The van der Waals surface area contributed by atoms with Crippen LogP contribution in [0.3, 0.4) is 0 Å². The number of hydrogen-bond acceptors (Lipinski definition) is 6. The molecule has 4 rings (SSSR count). The zero-order chi connectivity index (χ0) is 19.0. The molecule has 0 atom stereocenters. The van der Waals surface area contributed by atoms with Gasteiger partial charge in [0.1, 0.15) is 5.76 Å². The number of carbonyl (C=O) groups is 2. The number of aromatic nitrogens is 2. The summed E-state index contributed by atoms with van der Waals surface area (Å²) in [6.07, 6.45) is 4.44. The Hall–Kier alpha value is -2.90. The fourth-order valence-electron chi connectivity index (χ4n) is 3.82. The molecule has 0 bridgehead atoms. The third-order valence-electron chi connectivity index (χ3n) is 5.21. The summed E-state index contributed by atoms with van der Waals surface area (Å²) in [5.41, 5.74) is 2.21. The third kappa shape index (κ3) is 3.27. The second-order valence-electron chi connectivity index (χ2n) is 7.03. The summed E-state index contributed by atoms with van der Waals surface area (Å²) in [4.78, 5) is 31.5. The fraction of sp³-hybridized carbons (Fsp3) is 0.474. The van der Waals surface area contributed by atoms with Gasteiger partial charge in [-0.15, -0.1) is 0 Å². The van der Waals surface area contributed by atoms with Gasteiger partial charge in [0.15, 0.2) is 5.69 Å². The molecule has 0 aromatic carbocycles. The first-order valence-corrected chi connectivity index (χ1v) is 9.16. The first kappa shape index (κ1) is 17.5. The second-order valence-corrected chi connectivity index (χ2v) is 7.03. The predicted molar refractivity (Wildman–Crippen MR) is 95.3 cm³/mol. The van der Waals surface area contributed by atoms with Crippen LogP contribution in [0.5, 0.6) is 5.88 Å². The highest BCUT2D eigenvalue weighted by molar-refractivity contribution is 5.98. The smallest absolute Gasteiger partial charge is 0.273 e. The highest BCUT2D eigenvalue weighted by atomic mass is 16.5. The van der Waals surface area contributed by atoms with E-state index in [0.717, 1.165) is 18.5 Å². The molecular formula is C19H22N4O4. The number of nitrogens with one attached hydrogen (secondary N) is 1. The lowest BCUT2D eigenvalue weighted by Crippen LogP contribution is -2.33. The maximum absolute atomic E-state index is 12.8. The summed E-state index contributed by atoms with van der Waals surface area (Å²) < 4.78 is 10.3. The molecule has 1 N–H and O–H groups in total. The zero-order valence-corrected chi connectivity index (χ0v) is 15.4. The summed E-state index contributed by atoms with van der Waals surface area (Å²) in [7, 11) is 1.53. The summed E-state index contributed by atoms with van der Waals surface area (Å²) >= 11 is 0. The molecule has 1 saturated carbocycles. The first-order valence-electron chi connectivity index (χ1n) is 9.16. The minimum absolute atomic E-state index is 0.0201. The van der Waals surface area contributed by atoms with E-state index in [1.807, 2.05) is 4.90 Å². The van der Waals surface area contributed by atoms with Crippen molar-refractivity contribution in [2.45, 2.75) is 51.7 Å². The number of aryl methyl sites for hydroxylation is 1. The van der Waals surface area contributed by atoms with Crippen molar-refractivity contribution < 1.29 is 18.8 Å². The van der Waals surface area contributed by atoms with Crippen molar-refractivity contribution in [1.29, 1.82) is 0 Å². The average molecular weight is 370 g/mol. The van der Waals surface area contributed by atoms with E-state index in [9.17, 15) is 9.59 Å². The van der Waals surface area contributed by atoms with Crippen LogP contribution in [0.1, 0.15) is 63.5 Å². The van der Waals surface area contributed by atoms with Gasteiger partial charge in [-0.1, -0.05) is 18.0 Å². The summed E-state index contributed by atoms with van der Waals surface area (Å²) in [5, 5.41) is 6.47. The zero-order valence-electron chi connectivity index (χ0n) is 15.4. The molecule has 8 nitrogen and oxygen atoms in total. The van der Waals surface area contributed by atoms with Gasteiger partial charge in [-0.25, -0.2) is 4.98 Å². The van der Waals surface area contributed by atoms with Crippen LogP contribution in [0.25, 0.3) is 0 Å². The second kappa shape index (κ2) is 7.02. The lowest BCUT2D eigenvalue weighted by Gasteiger charge is -2.22. The monoisotopic (exact) mass is 370 g/mol. The van der Waals surface area contributed by atoms with Gasteiger partial charge in [-0.05, 0) is 25.8 Å². The van der Waals surface area contributed by atoms with E-state index in [-0.39, 0.29) is 24.1 Å². The van der Waals surface area contributed by atoms with Gasteiger partial charge in [-0.3, -0.25) is 9.59 Å². The molecule has 2 aromatic rings. The lowest BCUT2D eigenvalue weighted by atomic mass is 10.1. The molecule has 0 unspecified atom stereocenters. The van der Waals surface area contributed by atoms with E-state index in [0.29, 0.717) is 35.4 Å². The Kier molecular flexibility index (Phi) is 4.55. The van der Waals surface area contributed by atoms with E-state index in [4.69, 9.17) is 9.26 Å². The Morgan fingerprint density at radius 2 is 2.15 bits per heavy atom. The van der Waals surface area contributed by atoms with Crippen LogP contribution in [0.4, 0.5) is 0 Å². The molecule has 1 aliphatic carbocycles. The van der Waals surface area contributed by atoms with Gasteiger partial charge < -0.3 is 19.5 Å². The molecule has 2 amide bonds. The van der Waals surface area contributed by atoms with Gasteiger partial charge in [0, 0.05) is 24.2 Å². The molecule has 3 heterocycles. The van der Waals surface area contributed by atoms with Crippen LogP contribution < -0.4 is 10.1 Å². The number of carbonyl (C=O) groups excluding carboxylic acids is 2. The molecule has 0 radical (unpaired) electrons.